The first kappa shape index (κ1) is 22.2. The molecule has 0 aromatic heterocycles. The van der Waals surface area contributed by atoms with Crippen molar-refractivity contribution in [3.63, 3.8) is 0 Å². The minimum atomic E-state index is -0.681. The molecule has 6 nitrogen and oxygen atoms in total. The van der Waals surface area contributed by atoms with Crippen LogP contribution >= 0.6 is 0 Å². The highest BCUT2D eigenvalue weighted by Gasteiger charge is 2.47. The van der Waals surface area contributed by atoms with Gasteiger partial charge < -0.3 is 19.6 Å². The van der Waals surface area contributed by atoms with E-state index in [4.69, 9.17) is 4.74 Å². The smallest absolute Gasteiger partial charge is 0.295 e. The number of carbonyl (C=O) groups excluding carboxylic acids is 2. The first-order valence-corrected chi connectivity index (χ1v) is 11.6. The van der Waals surface area contributed by atoms with Crippen LogP contribution in [0.2, 0.25) is 0 Å². The fourth-order valence-corrected chi connectivity index (χ4v) is 4.95. The number of hydrogen-bond donors (Lipinski definition) is 1. The van der Waals surface area contributed by atoms with E-state index in [0.717, 1.165) is 34.9 Å². The molecule has 3 aromatic rings. The summed E-state index contributed by atoms with van der Waals surface area (Å²) in [4.78, 5) is 30.1. The van der Waals surface area contributed by atoms with Crippen LogP contribution in [-0.2, 0) is 14.3 Å². The van der Waals surface area contributed by atoms with Crippen molar-refractivity contribution >= 4 is 33.9 Å². The predicted molar refractivity (Wildman–Crippen MR) is 133 cm³/mol. The number of ether oxygens (including phenoxy) is 1. The van der Waals surface area contributed by atoms with Crippen molar-refractivity contribution in [3.05, 3.63) is 83.4 Å². The van der Waals surface area contributed by atoms with E-state index >= 15 is 0 Å². The fourth-order valence-electron chi connectivity index (χ4n) is 4.95. The van der Waals surface area contributed by atoms with Gasteiger partial charge in [0.05, 0.1) is 17.7 Å². The summed E-state index contributed by atoms with van der Waals surface area (Å²) in [6, 6.07) is 20.4. The summed E-state index contributed by atoms with van der Waals surface area (Å²) in [5.41, 5.74) is 2.46. The molecule has 6 heteroatoms. The average Bonchev–Trinajstić information content (AvgIpc) is 3.46. The lowest BCUT2D eigenvalue weighted by atomic mass is 9.93. The number of Topliss-reactive ketones (excluding diaryl/α,β-unsaturated/α-hetero) is 1. The Morgan fingerprint density at radius 2 is 1.76 bits per heavy atom. The van der Waals surface area contributed by atoms with Crippen LogP contribution in [0, 0.1) is 0 Å². The van der Waals surface area contributed by atoms with Crippen LogP contribution in [0.25, 0.3) is 16.5 Å². The summed E-state index contributed by atoms with van der Waals surface area (Å²) >= 11 is 0. The van der Waals surface area contributed by atoms with Crippen molar-refractivity contribution in [2.75, 3.05) is 32.1 Å². The summed E-state index contributed by atoms with van der Waals surface area (Å²) in [6.45, 7) is 0.976. The number of likely N-dealkylation sites (tertiary alicyclic amines) is 1. The van der Waals surface area contributed by atoms with E-state index in [1.807, 2.05) is 79.7 Å². The third kappa shape index (κ3) is 3.84. The van der Waals surface area contributed by atoms with E-state index in [9.17, 15) is 14.7 Å². The van der Waals surface area contributed by atoms with Gasteiger partial charge in [0.15, 0.2) is 0 Å². The topological polar surface area (TPSA) is 70.1 Å². The SMILES string of the molecule is CN(C)c1ccc(C2/C(=C(/O)c3cccc4ccccc34)C(=O)C(=O)N2CC2CCCO2)cc1. The van der Waals surface area contributed by atoms with Gasteiger partial charge in [-0.1, -0.05) is 54.6 Å². The number of carbonyl (C=O) groups is 2. The first-order chi connectivity index (χ1) is 16.5. The Labute approximate surface area is 199 Å². The third-order valence-corrected chi connectivity index (χ3v) is 6.73. The molecule has 2 heterocycles. The van der Waals surface area contributed by atoms with Crippen molar-refractivity contribution < 1.29 is 19.4 Å². The van der Waals surface area contributed by atoms with E-state index in [2.05, 4.69) is 0 Å². The van der Waals surface area contributed by atoms with Crippen LogP contribution in [-0.4, -0.2) is 55.0 Å². The van der Waals surface area contributed by atoms with Gasteiger partial charge >= 0.3 is 0 Å². The van der Waals surface area contributed by atoms with Gasteiger partial charge in [-0.2, -0.15) is 0 Å². The van der Waals surface area contributed by atoms with Crippen LogP contribution in [0.1, 0.15) is 30.0 Å². The Morgan fingerprint density at radius 3 is 2.47 bits per heavy atom. The zero-order valence-corrected chi connectivity index (χ0v) is 19.4. The minimum Gasteiger partial charge on any atom is -0.507 e. The minimum absolute atomic E-state index is 0.112. The van der Waals surface area contributed by atoms with Gasteiger partial charge in [0.1, 0.15) is 5.76 Å². The third-order valence-electron chi connectivity index (χ3n) is 6.73. The molecular weight excluding hydrogens is 428 g/mol. The molecule has 2 aliphatic rings. The van der Waals surface area contributed by atoms with Gasteiger partial charge in [0, 0.05) is 38.5 Å². The first-order valence-electron chi connectivity index (χ1n) is 11.6. The molecule has 0 bridgehead atoms. The number of fused-ring (bicyclic) bond motifs is 1. The van der Waals surface area contributed by atoms with Crippen molar-refractivity contribution in [2.45, 2.75) is 25.0 Å². The molecule has 0 saturated carbocycles. The molecule has 0 aliphatic carbocycles. The van der Waals surface area contributed by atoms with Gasteiger partial charge in [-0.25, -0.2) is 0 Å². The maximum absolute atomic E-state index is 13.3. The molecular formula is C28H28N2O4. The Balaban J connectivity index is 1.66. The van der Waals surface area contributed by atoms with E-state index in [1.165, 1.54) is 0 Å². The molecule has 174 valence electrons. The maximum atomic E-state index is 13.3. The molecule has 2 unspecified atom stereocenters. The fraction of sp³-hybridized carbons (Fsp3) is 0.286. The van der Waals surface area contributed by atoms with Gasteiger partial charge in [0.25, 0.3) is 11.7 Å². The van der Waals surface area contributed by atoms with E-state index < -0.39 is 17.7 Å². The van der Waals surface area contributed by atoms with Crippen molar-refractivity contribution in [1.82, 2.24) is 4.90 Å². The normalized spacial score (nSPS) is 22.0. The Kier molecular flexibility index (Phi) is 5.84. The molecule has 0 spiro atoms. The molecule has 5 rings (SSSR count). The second-order valence-corrected chi connectivity index (χ2v) is 9.10. The largest absolute Gasteiger partial charge is 0.507 e. The molecule has 2 saturated heterocycles. The number of anilines is 1. The summed E-state index contributed by atoms with van der Waals surface area (Å²) in [5, 5.41) is 13.3. The molecule has 3 aromatic carbocycles. The highest BCUT2D eigenvalue weighted by molar-refractivity contribution is 6.46. The summed E-state index contributed by atoms with van der Waals surface area (Å²) in [5.74, 6) is -1.41. The summed E-state index contributed by atoms with van der Waals surface area (Å²) in [7, 11) is 3.91. The number of aliphatic hydroxyl groups excluding tert-OH is 1. The van der Waals surface area contributed by atoms with Crippen LogP contribution in [0.15, 0.2) is 72.3 Å². The number of benzene rings is 3. The predicted octanol–water partition coefficient (Wildman–Crippen LogP) is 4.51. The molecule has 2 fully saturated rings. The molecule has 34 heavy (non-hydrogen) atoms. The van der Waals surface area contributed by atoms with Crippen molar-refractivity contribution in [3.8, 4) is 0 Å². The number of aliphatic hydroxyl groups is 1. The standard InChI is InChI=1S/C28H28N2O4/c1-29(2)20-14-12-19(13-15-20)25-24(27(32)28(33)30(25)17-21-9-6-16-34-21)26(31)23-11-5-8-18-7-3-4-10-22(18)23/h3-5,7-8,10-15,21,25,31H,6,9,16-17H2,1-2H3/b26-24-. The number of rotatable bonds is 5. The van der Waals surface area contributed by atoms with Crippen molar-refractivity contribution in [2.24, 2.45) is 0 Å². The second-order valence-electron chi connectivity index (χ2n) is 9.10. The average molecular weight is 457 g/mol. The zero-order valence-electron chi connectivity index (χ0n) is 19.4. The number of nitrogens with zero attached hydrogens (tertiary/aromatic N) is 2. The number of ketones is 1. The van der Waals surface area contributed by atoms with Crippen LogP contribution in [0.3, 0.4) is 0 Å². The summed E-state index contributed by atoms with van der Waals surface area (Å²) in [6.07, 6.45) is 1.67. The lowest BCUT2D eigenvalue weighted by Gasteiger charge is -2.28. The molecule has 1 amide bonds. The monoisotopic (exact) mass is 456 g/mol. The van der Waals surface area contributed by atoms with E-state index in [1.54, 1.807) is 11.0 Å². The molecule has 2 aliphatic heterocycles. The van der Waals surface area contributed by atoms with Gasteiger partial charge in [-0.3, -0.25) is 9.59 Å². The van der Waals surface area contributed by atoms with Gasteiger partial charge in [0.2, 0.25) is 0 Å². The van der Waals surface area contributed by atoms with E-state index in [0.29, 0.717) is 18.7 Å². The molecule has 2 atom stereocenters. The number of hydrogen-bond acceptors (Lipinski definition) is 5. The Bertz CT molecular complexity index is 1270. The van der Waals surface area contributed by atoms with Crippen LogP contribution in [0.5, 0.6) is 0 Å². The highest BCUT2D eigenvalue weighted by Crippen LogP contribution is 2.41. The molecule has 1 N–H and O–H groups in total. The van der Waals surface area contributed by atoms with E-state index in [-0.39, 0.29) is 17.4 Å². The van der Waals surface area contributed by atoms with Gasteiger partial charge in [-0.15, -0.1) is 0 Å². The maximum Gasteiger partial charge on any atom is 0.295 e. The van der Waals surface area contributed by atoms with Crippen LogP contribution in [0.4, 0.5) is 5.69 Å². The molecule has 0 radical (unpaired) electrons. The lowest BCUT2D eigenvalue weighted by molar-refractivity contribution is -0.140. The van der Waals surface area contributed by atoms with Crippen LogP contribution < -0.4 is 4.90 Å². The second kappa shape index (κ2) is 8.95. The number of amides is 1. The Hall–Kier alpha value is -3.64. The van der Waals surface area contributed by atoms with Gasteiger partial charge in [-0.05, 0) is 41.3 Å². The zero-order chi connectivity index (χ0) is 23.8. The quantitative estimate of drug-likeness (QED) is 0.348. The Morgan fingerprint density at radius 1 is 1.03 bits per heavy atom. The van der Waals surface area contributed by atoms with Crippen molar-refractivity contribution in [1.29, 1.82) is 0 Å². The lowest BCUT2D eigenvalue weighted by Crippen LogP contribution is -2.36. The highest BCUT2D eigenvalue weighted by atomic mass is 16.5. The summed E-state index contributed by atoms with van der Waals surface area (Å²) < 4.78 is 5.78.